The first-order chi connectivity index (χ1) is 8.72. The monoisotopic (exact) mass is 250 g/mol. The van der Waals surface area contributed by atoms with Crippen LogP contribution in [0.3, 0.4) is 0 Å². The normalized spacial score (nSPS) is 19.9. The first-order valence-electron chi connectivity index (χ1n) is 6.13. The predicted octanol–water partition coefficient (Wildman–Crippen LogP) is 1.24. The van der Waals surface area contributed by atoms with Gasteiger partial charge in [-0.3, -0.25) is 0 Å². The number of piperazine rings is 1. The maximum Gasteiger partial charge on any atom is 0.407 e. The van der Waals surface area contributed by atoms with E-state index < -0.39 is 6.09 Å². The molecule has 2 rings (SSSR count). The van der Waals surface area contributed by atoms with Crippen LogP contribution in [0.2, 0.25) is 0 Å². The molecule has 98 valence electrons. The van der Waals surface area contributed by atoms with E-state index in [9.17, 15) is 4.79 Å². The average molecular weight is 250 g/mol. The summed E-state index contributed by atoms with van der Waals surface area (Å²) in [6.45, 7) is 1.69. The van der Waals surface area contributed by atoms with Crippen molar-refractivity contribution in [1.82, 2.24) is 4.90 Å². The summed E-state index contributed by atoms with van der Waals surface area (Å²) >= 11 is 0. The lowest BCUT2D eigenvalue weighted by Crippen LogP contribution is -2.55. The van der Waals surface area contributed by atoms with Crippen LogP contribution < -0.4 is 4.90 Å². The highest BCUT2D eigenvalue weighted by atomic mass is 16.4. The minimum Gasteiger partial charge on any atom is -0.465 e. The van der Waals surface area contributed by atoms with Crippen molar-refractivity contribution in [2.75, 3.05) is 31.1 Å². The number of aliphatic hydroxyl groups excluding tert-OH is 1. The molecule has 1 aromatic carbocycles. The van der Waals surface area contributed by atoms with E-state index in [0.717, 1.165) is 5.69 Å². The van der Waals surface area contributed by atoms with Crippen LogP contribution in [0.25, 0.3) is 0 Å². The molecule has 1 atom stereocenters. The Morgan fingerprint density at radius 1 is 1.28 bits per heavy atom. The van der Waals surface area contributed by atoms with Crippen LogP contribution in [-0.2, 0) is 0 Å². The number of carboxylic acid groups (broad SMARTS) is 1. The fourth-order valence-corrected chi connectivity index (χ4v) is 2.38. The number of aliphatic hydroxyl groups is 1. The summed E-state index contributed by atoms with van der Waals surface area (Å²) in [7, 11) is 0. The Kier molecular flexibility index (Phi) is 4.04. The van der Waals surface area contributed by atoms with E-state index in [4.69, 9.17) is 10.2 Å². The van der Waals surface area contributed by atoms with Crippen molar-refractivity contribution in [3.05, 3.63) is 30.3 Å². The first kappa shape index (κ1) is 12.7. The third-order valence-electron chi connectivity index (χ3n) is 3.30. The Labute approximate surface area is 106 Å². The van der Waals surface area contributed by atoms with Gasteiger partial charge in [-0.05, 0) is 18.6 Å². The van der Waals surface area contributed by atoms with Gasteiger partial charge in [-0.15, -0.1) is 0 Å². The quantitative estimate of drug-likeness (QED) is 0.847. The summed E-state index contributed by atoms with van der Waals surface area (Å²) in [4.78, 5) is 14.6. The molecular formula is C13H18N2O3. The molecule has 0 bridgehead atoms. The van der Waals surface area contributed by atoms with E-state index >= 15 is 0 Å². The van der Waals surface area contributed by atoms with Crippen molar-refractivity contribution in [1.29, 1.82) is 0 Å². The van der Waals surface area contributed by atoms with Crippen LogP contribution in [0.15, 0.2) is 30.3 Å². The predicted molar refractivity (Wildman–Crippen MR) is 68.9 cm³/mol. The van der Waals surface area contributed by atoms with Gasteiger partial charge < -0.3 is 20.0 Å². The summed E-state index contributed by atoms with van der Waals surface area (Å²) in [6, 6.07) is 9.96. The van der Waals surface area contributed by atoms with Crippen LogP contribution in [0, 0.1) is 0 Å². The molecule has 0 unspecified atom stereocenters. The van der Waals surface area contributed by atoms with Gasteiger partial charge in [-0.1, -0.05) is 18.2 Å². The van der Waals surface area contributed by atoms with Crippen molar-refractivity contribution in [3.8, 4) is 0 Å². The molecule has 18 heavy (non-hydrogen) atoms. The number of hydrogen-bond donors (Lipinski definition) is 2. The molecule has 1 aliphatic rings. The standard InChI is InChI=1S/C13H18N2O3/c16-9-6-12-10-14(13(17)18)7-8-15(12)11-4-2-1-3-5-11/h1-5,12,16H,6-10H2,(H,17,18)/t12-/m0/s1. The molecule has 0 saturated carbocycles. The summed E-state index contributed by atoms with van der Waals surface area (Å²) in [5.41, 5.74) is 1.08. The summed E-state index contributed by atoms with van der Waals surface area (Å²) in [5, 5.41) is 18.1. The number of anilines is 1. The van der Waals surface area contributed by atoms with E-state index in [1.54, 1.807) is 0 Å². The largest absolute Gasteiger partial charge is 0.465 e. The van der Waals surface area contributed by atoms with Gasteiger partial charge in [0, 0.05) is 38.0 Å². The van der Waals surface area contributed by atoms with Crippen molar-refractivity contribution in [3.63, 3.8) is 0 Å². The van der Waals surface area contributed by atoms with E-state index in [1.807, 2.05) is 30.3 Å². The fourth-order valence-electron chi connectivity index (χ4n) is 2.38. The number of benzene rings is 1. The number of nitrogens with zero attached hydrogens (tertiary/aromatic N) is 2. The van der Waals surface area contributed by atoms with E-state index in [-0.39, 0.29) is 12.6 Å². The highest BCUT2D eigenvalue weighted by Gasteiger charge is 2.28. The van der Waals surface area contributed by atoms with Crippen LogP contribution in [0.1, 0.15) is 6.42 Å². The van der Waals surface area contributed by atoms with Crippen LogP contribution >= 0.6 is 0 Å². The Bertz CT molecular complexity index is 396. The molecule has 5 nitrogen and oxygen atoms in total. The van der Waals surface area contributed by atoms with Crippen molar-refractivity contribution < 1.29 is 15.0 Å². The molecule has 1 heterocycles. The zero-order valence-corrected chi connectivity index (χ0v) is 10.2. The Morgan fingerprint density at radius 2 is 2.00 bits per heavy atom. The fraction of sp³-hybridized carbons (Fsp3) is 0.462. The Hall–Kier alpha value is -1.75. The maximum absolute atomic E-state index is 11.0. The number of amides is 1. The Morgan fingerprint density at radius 3 is 2.61 bits per heavy atom. The van der Waals surface area contributed by atoms with Gasteiger partial charge in [0.05, 0.1) is 0 Å². The Balaban J connectivity index is 2.13. The van der Waals surface area contributed by atoms with Gasteiger partial charge in [0.2, 0.25) is 0 Å². The van der Waals surface area contributed by atoms with Gasteiger partial charge in [0.1, 0.15) is 0 Å². The lowest BCUT2D eigenvalue weighted by Gasteiger charge is -2.41. The highest BCUT2D eigenvalue weighted by Crippen LogP contribution is 2.21. The molecule has 1 aliphatic heterocycles. The first-order valence-corrected chi connectivity index (χ1v) is 6.13. The molecule has 0 aromatic heterocycles. The lowest BCUT2D eigenvalue weighted by atomic mass is 10.1. The van der Waals surface area contributed by atoms with Crippen LogP contribution in [0.5, 0.6) is 0 Å². The van der Waals surface area contributed by atoms with Crippen molar-refractivity contribution in [2.24, 2.45) is 0 Å². The number of rotatable bonds is 3. The smallest absolute Gasteiger partial charge is 0.407 e. The molecular weight excluding hydrogens is 232 g/mol. The molecule has 0 aliphatic carbocycles. The lowest BCUT2D eigenvalue weighted by molar-refractivity contribution is 0.130. The summed E-state index contributed by atoms with van der Waals surface area (Å²) in [5.74, 6) is 0. The van der Waals surface area contributed by atoms with Gasteiger partial charge >= 0.3 is 6.09 Å². The number of para-hydroxylation sites is 1. The summed E-state index contributed by atoms with van der Waals surface area (Å²) < 4.78 is 0. The van der Waals surface area contributed by atoms with Crippen molar-refractivity contribution in [2.45, 2.75) is 12.5 Å². The average Bonchev–Trinajstić information content (AvgIpc) is 2.40. The van der Waals surface area contributed by atoms with E-state index in [1.165, 1.54) is 4.90 Å². The van der Waals surface area contributed by atoms with Gasteiger partial charge in [0.25, 0.3) is 0 Å². The van der Waals surface area contributed by atoms with Crippen LogP contribution in [0.4, 0.5) is 10.5 Å². The molecule has 1 aromatic rings. The second kappa shape index (κ2) is 5.73. The molecule has 1 amide bonds. The molecule has 0 spiro atoms. The zero-order chi connectivity index (χ0) is 13.0. The van der Waals surface area contributed by atoms with Crippen LogP contribution in [-0.4, -0.2) is 53.5 Å². The van der Waals surface area contributed by atoms with Gasteiger partial charge in [-0.2, -0.15) is 0 Å². The van der Waals surface area contributed by atoms with Crippen molar-refractivity contribution >= 4 is 11.8 Å². The summed E-state index contributed by atoms with van der Waals surface area (Å²) in [6.07, 6.45) is -0.302. The third kappa shape index (κ3) is 2.73. The van der Waals surface area contributed by atoms with Gasteiger partial charge in [-0.25, -0.2) is 4.79 Å². The third-order valence-corrected chi connectivity index (χ3v) is 3.30. The zero-order valence-electron chi connectivity index (χ0n) is 10.2. The van der Waals surface area contributed by atoms with E-state index in [0.29, 0.717) is 26.1 Å². The molecule has 0 radical (unpaired) electrons. The SMILES string of the molecule is O=C(O)N1CCN(c2ccccc2)[C@@H](CCO)C1. The highest BCUT2D eigenvalue weighted by molar-refractivity contribution is 5.65. The molecule has 1 saturated heterocycles. The minimum atomic E-state index is -0.884. The second-order valence-electron chi connectivity index (χ2n) is 4.42. The molecule has 5 heteroatoms. The molecule has 2 N–H and O–H groups in total. The minimum absolute atomic E-state index is 0.0437. The maximum atomic E-state index is 11.0. The van der Waals surface area contributed by atoms with E-state index in [2.05, 4.69) is 4.90 Å². The van der Waals surface area contributed by atoms with Gasteiger partial charge in [0.15, 0.2) is 0 Å². The molecule has 1 fully saturated rings. The number of carbonyl (C=O) groups is 1. The second-order valence-corrected chi connectivity index (χ2v) is 4.42. The topological polar surface area (TPSA) is 64.0 Å². The number of hydrogen-bond acceptors (Lipinski definition) is 3.